The summed E-state index contributed by atoms with van der Waals surface area (Å²) in [6, 6.07) is 22.8. The number of rotatable bonds is 10. The van der Waals surface area contributed by atoms with Crippen molar-refractivity contribution in [3.8, 4) is 17.4 Å². The van der Waals surface area contributed by atoms with E-state index >= 15 is 0 Å². The number of nitrogens with one attached hydrogen (secondary N) is 2. The predicted molar refractivity (Wildman–Crippen MR) is 193 cm³/mol. The molecule has 1 amide bonds. The Morgan fingerprint density at radius 2 is 1.52 bits per heavy atom. The van der Waals surface area contributed by atoms with Crippen LogP contribution in [0.2, 0.25) is 0 Å². The molecule has 12 nitrogen and oxygen atoms in total. The van der Waals surface area contributed by atoms with Crippen LogP contribution in [0.1, 0.15) is 59.8 Å². The average molecular weight is 812 g/mol. The van der Waals surface area contributed by atoms with E-state index in [1.165, 1.54) is 6.07 Å². The van der Waals surface area contributed by atoms with Crippen molar-refractivity contribution in [2.75, 3.05) is 30.9 Å². The SMILES string of the molecule is CC.O=C(O)C(F)(F)F.O=C(c1ccc(OC2CNC2)c(NS(=O)(=O)Cc2ccccc2)c1)N1CCC(c2ccc(Oc3ccc(C(F)(F)F)nn3)cc2)CC1. The third-order valence-electron chi connectivity index (χ3n) is 8.26. The van der Waals surface area contributed by atoms with Crippen LogP contribution in [0, 0.1) is 0 Å². The van der Waals surface area contributed by atoms with Crippen LogP contribution >= 0.6 is 0 Å². The van der Waals surface area contributed by atoms with E-state index in [0.29, 0.717) is 61.6 Å². The molecule has 3 heterocycles. The van der Waals surface area contributed by atoms with Crippen LogP contribution in [0.15, 0.2) is 84.9 Å². The van der Waals surface area contributed by atoms with Gasteiger partial charge in [0.2, 0.25) is 15.9 Å². The Morgan fingerprint density at radius 1 is 0.893 bits per heavy atom. The fraction of sp³-hybridized carbons (Fsp3) is 0.351. The molecule has 0 spiro atoms. The van der Waals surface area contributed by atoms with Crippen LogP contribution in [0.25, 0.3) is 0 Å². The van der Waals surface area contributed by atoms with Gasteiger partial charge in [-0.3, -0.25) is 9.52 Å². The highest BCUT2D eigenvalue weighted by molar-refractivity contribution is 7.91. The molecule has 6 rings (SSSR count). The zero-order valence-corrected chi connectivity index (χ0v) is 30.9. The molecule has 3 aromatic carbocycles. The van der Waals surface area contributed by atoms with Gasteiger partial charge in [-0.2, -0.15) is 26.3 Å². The molecule has 3 N–H and O–H groups in total. The summed E-state index contributed by atoms with van der Waals surface area (Å²) in [4.78, 5) is 24.2. The Balaban J connectivity index is 0.000000698. The number of carboxylic acid groups (broad SMARTS) is 1. The first-order chi connectivity index (χ1) is 26.5. The normalized spacial score (nSPS) is 14.9. The van der Waals surface area contributed by atoms with Crippen LogP contribution in [0.3, 0.4) is 0 Å². The highest BCUT2D eigenvalue weighted by Crippen LogP contribution is 2.34. The van der Waals surface area contributed by atoms with E-state index in [1.807, 2.05) is 32.0 Å². The molecule has 19 heteroatoms. The fourth-order valence-corrected chi connectivity index (χ4v) is 6.62. The van der Waals surface area contributed by atoms with Gasteiger partial charge in [0.25, 0.3) is 5.91 Å². The second kappa shape index (κ2) is 18.9. The first kappa shape index (κ1) is 43.3. The monoisotopic (exact) mass is 811 g/mol. The maximum absolute atomic E-state index is 13.6. The number of likely N-dealkylation sites (tertiary alicyclic amines) is 1. The summed E-state index contributed by atoms with van der Waals surface area (Å²) in [7, 11) is -3.79. The van der Waals surface area contributed by atoms with Crippen molar-refractivity contribution in [3.05, 3.63) is 107 Å². The Labute approximate surface area is 318 Å². The standard InChI is InChI=1S/C33H32F3N5O5S.C2HF3O2.C2H6/c34-33(35,36)30-12-13-31(39-38-30)46-26-9-6-23(7-10-26)24-14-16-41(17-15-24)32(42)25-8-11-29(45-27-19-37-20-27)28(18-25)40-47(43,44)21-22-4-2-1-3-5-22;3-2(4,5)1(6)7;1-2/h1-13,18,24,27,37,40H,14-17,19-21H2;(H,6,7);1-2H3. The lowest BCUT2D eigenvalue weighted by Crippen LogP contribution is -2.50. The fourth-order valence-electron chi connectivity index (χ4n) is 5.42. The first-order valence-corrected chi connectivity index (χ1v) is 19.0. The Morgan fingerprint density at radius 3 is 2.04 bits per heavy atom. The van der Waals surface area contributed by atoms with E-state index < -0.39 is 34.0 Å². The average Bonchev–Trinajstić information content (AvgIpc) is 3.14. The van der Waals surface area contributed by atoms with E-state index in [0.717, 1.165) is 17.7 Å². The topological polar surface area (TPSA) is 160 Å². The summed E-state index contributed by atoms with van der Waals surface area (Å²) < 4.78 is 110. The van der Waals surface area contributed by atoms with Crippen molar-refractivity contribution in [1.29, 1.82) is 0 Å². The van der Waals surface area contributed by atoms with Gasteiger partial charge < -0.3 is 24.8 Å². The number of sulfonamides is 1. The smallest absolute Gasteiger partial charge is 0.486 e. The molecule has 0 atom stereocenters. The van der Waals surface area contributed by atoms with Gasteiger partial charge in [-0.25, -0.2) is 13.2 Å². The predicted octanol–water partition coefficient (Wildman–Crippen LogP) is 7.26. The van der Waals surface area contributed by atoms with Crippen molar-refractivity contribution in [2.24, 2.45) is 0 Å². The number of hydrogen-bond donors (Lipinski definition) is 3. The number of nitrogens with zero attached hydrogens (tertiary/aromatic N) is 3. The van der Waals surface area contributed by atoms with Gasteiger partial charge in [0, 0.05) is 37.8 Å². The lowest BCUT2D eigenvalue weighted by Gasteiger charge is -2.32. The maximum Gasteiger partial charge on any atom is 0.490 e. The number of aromatic nitrogens is 2. The van der Waals surface area contributed by atoms with E-state index in [2.05, 4.69) is 20.2 Å². The van der Waals surface area contributed by atoms with Gasteiger partial charge in [0.1, 0.15) is 17.6 Å². The minimum atomic E-state index is -5.08. The largest absolute Gasteiger partial charge is 0.490 e. The zero-order chi connectivity index (χ0) is 41.1. The molecule has 0 aliphatic carbocycles. The van der Waals surface area contributed by atoms with Gasteiger partial charge >= 0.3 is 18.3 Å². The number of aliphatic carboxylic acids is 1. The molecular weight excluding hydrogens is 772 g/mol. The van der Waals surface area contributed by atoms with Gasteiger partial charge in [-0.1, -0.05) is 56.3 Å². The summed E-state index contributed by atoms with van der Waals surface area (Å²) in [6.07, 6.45) is -8.33. The van der Waals surface area contributed by atoms with Crippen LogP contribution < -0.4 is 19.5 Å². The molecule has 0 unspecified atom stereocenters. The van der Waals surface area contributed by atoms with Crippen LogP contribution in [0.5, 0.6) is 17.4 Å². The first-order valence-electron chi connectivity index (χ1n) is 17.3. The second-order valence-corrected chi connectivity index (χ2v) is 14.0. The quantitative estimate of drug-likeness (QED) is 0.139. The molecular formula is C37H39F6N5O7S. The Kier molecular flexibility index (Phi) is 14.6. The number of ether oxygens (including phenoxy) is 2. The number of anilines is 1. The molecule has 2 fully saturated rings. The Hall–Kier alpha value is -5.43. The highest BCUT2D eigenvalue weighted by Gasteiger charge is 2.38. The van der Waals surface area contributed by atoms with E-state index in [9.17, 15) is 39.6 Å². The molecule has 0 radical (unpaired) electrons. The summed E-state index contributed by atoms with van der Waals surface area (Å²) in [5.74, 6) is -2.28. The Bertz CT molecular complexity index is 2010. The molecule has 56 heavy (non-hydrogen) atoms. The van der Waals surface area contributed by atoms with Gasteiger partial charge in [0.05, 0.1) is 11.4 Å². The number of alkyl halides is 6. The summed E-state index contributed by atoms with van der Waals surface area (Å²) in [6.45, 7) is 6.30. The summed E-state index contributed by atoms with van der Waals surface area (Å²) >= 11 is 0. The molecule has 2 aliphatic rings. The van der Waals surface area contributed by atoms with E-state index in [4.69, 9.17) is 19.4 Å². The molecule has 2 saturated heterocycles. The van der Waals surface area contributed by atoms with Crippen molar-refractivity contribution in [3.63, 3.8) is 0 Å². The number of carboxylic acids is 1. The highest BCUT2D eigenvalue weighted by atomic mass is 32.2. The molecule has 2 aliphatic heterocycles. The number of benzene rings is 3. The van der Waals surface area contributed by atoms with Crippen molar-refractivity contribution in [2.45, 2.75) is 56.8 Å². The van der Waals surface area contributed by atoms with Crippen LogP contribution in [0.4, 0.5) is 32.0 Å². The number of piperidine rings is 1. The van der Waals surface area contributed by atoms with E-state index in [-0.39, 0.29) is 35.2 Å². The van der Waals surface area contributed by atoms with E-state index in [1.54, 1.807) is 53.4 Å². The second-order valence-electron chi connectivity index (χ2n) is 12.3. The lowest BCUT2D eigenvalue weighted by atomic mass is 9.89. The summed E-state index contributed by atoms with van der Waals surface area (Å²) in [5, 5.41) is 16.9. The van der Waals surface area contributed by atoms with Crippen LogP contribution in [-0.2, 0) is 26.7 Å². The minimum Gasteiger partial charge on any atom is -0.486 e. The van der Waals surface area contributed by atoms with Gasteiger partial charge in [-0.15, -0.1) is 10.2 Å². The third-order valence-corrected chi connectivity index (χ3v) is 9.50. The third kappa shape index (κ3) is 12.6. The van der Waals surface area contributed by atoms with Crippen molar-refractivity contribution >= 4 is 27.6 Å². The van der Waals surface area contributed by atoms with Gasteiger partial charge in [0.15, 0.2) is 5.69 Å². The summed E-state index contributed by atoms with van der Waals surface area (Å²) in [5.41, 5.74) is 1.16. The zero-order valence-electron chi connectivity index (χ0n) is 30.1. The lowest BCUT2D eigenvalue weighted by molar-refractivity contribution is -0.192. The molecule has 0 saturated carbocycles. The molecule has 0 bridgehead atoms. The number of amides is 1. The number of carbonyl (C=O) groups excluding carboxylic acids is 1. The minimum absolute atomic E-state index is 0.0515. The molecule has 302 valence electrons. The van der Waals surface area contributed by atoms with Crippen molar-refractivity contribution < 1.29 is 58.9 Å². The van der Waals surface area contributed by atoms with Gasteiger partial charge in [-0.05, 0) is 66.3 Å². The number of hydrogen-bond acceptors (Lipinski definition) is 9. The molecule has 4 aromatic rings. The maximum atomic E-state index is 13.6. The number of carbonyl (C=O) groups is 2. The number of halogens is 6. The van der Waals surface area contributed by atoms with Crippen LogP contribution in [-0.4, -0.2) is 79.0 Å². The molecule has 1 aromatic heterocycles. The van der Waals surface area contributed by atoms with Crippen molar-refractivity contribution in [1.82, 2.24) is 20.4 Å².